The second-order valence-corrected chi connectivity index (χ2v) is 4.89. The van der Waals surface area contributed by atoms with E-state index in [4.69, 9.17) is 0 Å². The van der Waals surface area contributed by atoms with Crippen molar-refractivity contribution in [3.05, 3.63) is 29.6 Å². The molecule has 1 aliphatic rings. The van der Waals surface area contributed by atoms with Gasteiger partial charge in [-0.2, -0.15) is 0 Å². The molecule has 3 N–H and O–H groups in total. The molecule has 108 valence electrons. The van der Waals surface area contributed by atoms with Crippen LogP contribution in [-0.2, 0) is 4.79 Å². The van der Waals surface area contributed by atoms with E-state index in [0.29, 0.717) is 12.2 Å². The molecular weight excluding hydrogens is 261 g/mol. The molecule has 0 saturated carbocycles. The highest BCUT2D eigenvalue weighted by atomic mass is 19.1. The molecular formula is C14H18FN3O2. The van der Waals surface area contributed by atoms with Gasteiger partial charge in [0.05, 0.1) is 5.56 Å². The Morgan fingerprint density at radius 2 is 2.20 bits per heavy atom. The maximum absolute atomic E-state index is 13.7. The molecule has 1 aromatic rings. The van der Waals surface area contributed by atoms with Gasteiger partial charge in [0.1, 0.15) is 5.82 Å². The van der Waals surface area contributed by atoms with Gasteiger partial charge in [0.2, 0.25) is 5.91 Å². The number of rotatable bonds is 3. The highest BCUT2D eigenvalue weighted by molar-refractivity contribution is 5.97. The molecule has 2 amide bonds. The third-order valence-electron chi connectivity index (χ3n) is 3.16. The minimum absolute atomic E-state index is 0.0140. The molecule has 5 nitrogen and oxygen atoms in total. The van der Waals surface area contributed by atoms with Crippen molar-refractivity contribution in [3.8, 4) is 0 Å². The summed E-state index contributed by atoms with van der Waals surface area (Å²) in [5.41, 5.74) is 0.354. The van der Waals surface area contributed by atoms with Crippen molar-refractivity contribution in [1.29, 1.82) is 0 Å². The summed E-state index contributed by atoms with van der Waals surface area (Å²) in [6.07, 6.45) is 1.87. The topological polar surface area (TPSA) is 70.2 Å². The lowest BCUT2D eigenvalue weighted by atomic mass is 10.1. The van der Waals surface area contributed by atoms with Crippen LogP contribution >= 0.6 is 0 Å². The molecule has 1 heterocycles. The summed E-state index contributed by atoms with van der Waals surface area (Å²) in [6, 6.07) is 3.97. The second-order valence-electron chi connectivity index (χ2n) is 4.89. The average Bonchev–Trinajstić information content (AvgIpc) is 2.41. The van der Waals surface area contributed by atoms with E-state index in [9.17, 15) is 14.0 Å². The molecule has 1 saturated heterocycles. The Morgan fingerprint density at radius 3 is 2.85 bits per heavy atom. The van der Waals surface area contributed by atoms with Crippen LogP contribution < -0.4 is 16.0 Å². The van der Waals surface area contributed by atoms with E-state index in [1.807, 2.05) is 0 Å². The Labute approximate surface area is 116 Å². The largest absolute Gasteiger partial charge is 0.348 e. The number of carbonyl (C=O) groups is 2. The van der Waals surface area contributed by atoms with Gasteiger partial charge < -0.3 is 16.0 Å². The van der Waals surface area contributed by atoms with Gasteiger partial charge in [-0.3, -0.25) is 9.59 Å². The van der Waals surface area contributed by atoms with Gasteiger partial charge in [0.25, 0.3) is 5.91 Å². The first-order valence-electron chi connectivity index (χ1n) is 6.65. The van der Waals surface area contributed by atoms with Gasteiger partial charge in [-0.1, -0.05) is 0 Å². The van der Waals surface area contributed by atoms with Crippen LogP contribution in [0.3, 0.4) is 0 Å². The lowest BCUT2D eigenvalue weighted by Crippen LogP contribution is -2.45. The number of hydrogen-bond donors (Lipinski definition) is 3. The van der Waals surface area contributed by atoms with Gasteiger partial charge >= 0.3 is 0 Å². The fraction of sp³-hybridized carbons (Fsp3) is 0.429. The number of benzene rings is 1. The molecule has 2 rings (SSSR count). The molecule has 6 heteroatoms. The highest BCUT2D eigenvalue weighted by Crippen LogP contribution is 2.15. The van der Waals surface area contributed by atoms with Gasteiger partial charge in [0.15, 0.2) is 0 Å². The summed E-state index contributed by atoms with van der Waals surface area (Å²) in [7, 11) is 0. The fourth-order valence-corrected chi connectivity index (χ4v) is 2.22. The fourth-order valence-electron chi connectivity index (χ4n) is 2.22. The zero-order chi connectivity index (χ0) is 14.5. The molecule has 1 aromatic carbocycles. The quantitative estimate of drug-likeness (QED) is 0.780. The number of amides is 2. The number of carbonyl (C=O) groups excluding carboxylic acids is 2. The Hall–Kier alpha value is -1.95. The van der Waals surface area contributed by atoms with E-state index in [0.717, 1.165) is 19.4 Å². The van der Waals surface area contributed by atoms with Gasteiger partial charge in [-0.15, -0.1) is 0 Å². The van der Waals surface area contributed by atoms with Crippen LogP contribution in [0.2, 0.25) is 0 Å². The third-order valence-corrected chi connectivity index (χ3v) is 3.16. The first kappa shape index (κ1) is 14.5. The van der Waals surface area contributed by atoms with Crippen LogP contribution in [0.5, 0.6) is 0 Å². The molecule has 1 fully saturated rings. The van der Waals surface area contributed by atoms with Crippen LogP contribution in [0.25, 0.3) is 0 Å². The van der Waals surface area contributed by atoms with Crippen molar-refractivity contribution in [2.24, 2.45) is 0 Å². The molecule has 1 atom stereocenters. The third kappa shape index (κ3) is 3.77. The Kier molecular flexibility index (Phi) is 4.68. The van der Waals surface area contributed by atoms with Gasteiger partial charge in [-0.05, 0) is 37.6 Å². The lowest BCUT2D eigenvalue weighted by Gasteiger charge is -2.24. The monoisotopic (exact) mass is 279 g/mol. The number of halogens is 1. The maximum Gasteiger partial charge on any atom is 0.254 e. The van der Waals surface area contributed by atoms with E-state index in [1.54, 1.807) is 0 Å². The van der Waals surface area contributed by atoms with Gasteiger partial charge in [0, 0.05) is 25.2 Å². The van der Waals surface area contributed by atoms with Crippen molar-refractivity contribution >= 4 is 17.5 Å². The number of piperidine rings is 1. The SMILES string of the molecule is CC(=O)Nc1ccc(F)c(C(=O)N[C@H]2CCCNC2)c1. The molecule has 0 aliphatic carbocycles. The van der Waals surface area contributed by atoms with Crippen molar-refractivity contribution in [2.75, 3.05) is 18.4 Å². The molecule has 0 aromatic heterocycles. The summed E-state index contributed by atoms with van der Waals surface area (Å²) >= 11 is 0. The summed E-state index contributed by atoms with van der Waals surface area (Å²) < 4.78 is 13.7. The van der Waals surface area contributed by atoms with E-state index >= 15 is 0 Å². The highest BCUT2D eigenvalue weighted by Gasteiger charge is 2.19. The summed E-state index contributed by atoms with van der Waals surface area (Å²) in [5.74, 6) is -1.32. The smallest absolute Gasteiger partial charge is 0.254 e. The minimum Gasteiger partial charge on any atom is -0.348 e. The molecule has 1 aliphatic heterocycles. The summed E-state index contributed by atoms with van der Waals surface area (Å²) in [6.45, 7) is 2.99. The second kappa shape index (κ2) is 6.47. The van der Waals surface area contributed by atoms with E-state index in [2.05, 4.69) is 16.0 Å². The van der Waals surface area contributed by atoms with E-state index < -0.39 is 11.7 Å². The lowest BCUT2D eigenvalue weighted by molar-refractivity contribution is -0.114. The minimum atomic E-state index is -0.597. The van der Waals surface area contributed by atoms with Crippen molar-refractivity contribution in [1.82, 2.24) is 10.6 Å². The zero-order valence-corrected chi connectivity index (χ0v) is 11.3. The summed E-state index contributed by atoms with van der Waals surface area (Å²) in [4.78, 5) is 23.1. The number of hydrogen-bond acceptors (Lipinski definition) is 3. The Morgan fingerprint density at radius 1 is 1.40 bits per heavy atom. The normalized spacial score (nSPS) is 18.4. The maximum atomic E-state index is 13.7. The van der Waals surface area contributed by atoms with Crippen molar-refractivity contribution < 1.29 is 14.0 Å². The van der Waals surface area contributed by atoms with E-state index in [1.165, 1.54) is 25.1 Å². The predicted molar refractivity (Wildman–Crippen MR) is 74.1 cm³/mol. The molecule has 0 radical (unpaired) electrons. The van der Waals surface area contributed by atoms with Crippen LogP contribution in [-0.4, -0.2) is 30.9 Å². The summed E-state index contributed by atoms with van der Waals surface area (Å²) in [5, 5.41) is 8.51. The zero-order valence-electron chi connectivity index (χ0n) is 11.3. The molecule has 0 spiro atoms. The first-order chi connectivity index (χ1) is 9.56. The molecule has 0 unspecified atom stereocenters. The predicted octanol–water partition coefficient (Wildman–Crippen LogP) is 1.27. The van der Waals surface area contributed by atoms with Crippen LogP contribution in [0.4, 0.5) is 10.1 Å². The average molecular weight is 279 g/mol. The van der Waals surface area contributed by atoms with Crippen LogP contribution in [0.15, 0.2) is 18.2 Å². The molecule has 20 heavy (non-hydrogen) atoms. The number of nitrogens with one attached hydrogen (secondary N) is 3. The Bertz CT molecular complexity index is 513. The van der Waals surface area contributed by atoms with Crippen molar-refractivity contribution in [3.63, 3.8) is 0 Å². The van der Waals surface area contributed by atoms with Gasteiger partial charge in [-0.25, -0.2) is 4.39 Å². The van der Waals surface area contributed by atoms with Crippen LogP contribution in [0, 0.1) is 5.82 Å². The first-order valence-corrected chi connectivity index (χ1v) is 6.65. The van der Waals surface area contributed by atoms with Crippen molar-refractivity contribution in [2.45, 2.75) is 25.8 Å². The Balaban J connectivity index is 2.09. The molecule has 0 bridgehead atoms. The standard InChI is InChI=1S/C14H18FN3O2/c1-9(19)17-10-4-5-13(15)12(7-10)14(20)18-11-3-2-6-16-8-11/h4-5,7,11,16H,2-3,6,8H2,1H3,(H,17,19)(H,18,20)/t11-/m0/s1. The van der Waals surface area contributed by atoms with Crippen LogP contribution in [0.1, 0.15) is 30.1 Å². The number of anilines is 1. The van der Waals surface area contributed by atoms with E-state index in [-0.39, 0.29) is 17.5 Å².